The number of halogens is 1. The molecule has 0 aromatic heterocycles. The van der Waals surface area contributed by atoms with E-state index in [1.165, 1.54) is 17.8 Å². The minimum absolute atomic E-state index is 0. The SMILES string of the molecule is CC(C)CCSc1ccc(C(=O)NCC(C)(C)N)cc1[N+](=O)[O-].Cl. The van der Waals surface area contributed by atoms with Crippen molar-refractivity contribution in [2.45, 2.75) is 44.6 Å². The summed E-state index contributed by atoms with van der Waals surface area (Å²) in [5, 5.41) is 13.9. The number of amides is 1. The van der Waals surface area contributed by atoms with Gasteiger partial charge in [-0.2, -0.15) is 0 Å². The van der Waals surface area contributed by atoms with Gasteiger partial charge < -0.3 is 11.1 Å². The van der Waals surface area contributed by atoms with Crippen LogP contribution in [0, 0.1) is 16.0 Å². The third kappa shape index (κ3) is 7.99. The smallest absolute Gasteiger partial charge is 0.283 e. The fraction of sp³-hybridized carbons (Fsp3) is 0.562. The Morgan fingerprint density at radius 2 is 2.04 bits per heavy atom. The molecule has 0 heterocycles. The van der Waals surface area contributed by atoms with Gasteiger partial charge in [0.15, 0.2) is 0 Å². The summed E-state index contributed by atoms with van der Waals surface area (Å²) in [7, 11) is 0. The molecule has 8 heteroatoms. The van der Waals surface area contributed by atoms with E-state index < -0.39 is 10.5 Å². The van der Waals surface area contributed by atoms with Gasteiger partial charge in [-0.25, -0.2) is 0 Å². The molecule has 0 spiro atoms. The zero-order valence-corrected chi connectivity index (χ0v) is 16.1. The van der Waals surface area contributed by atoms with Crippen LogP contribution in [-0.2, 0) is 0 Å². The lowest BCUT2D eigenvalue weighted by molar-refractivity contribution is -0.387. The molecule has 6 nitrogen and oxygen atoms in total. The van der Waals surface area contributed by atoms with Gasteiger partial charge in [-0.1, -0.05) is 13.8 Å². The highest BCUT2D eigenvalue weighted by atomic mass is 35.5. The van der Waals surface area contributed by atoms with Gasteiger partial charge in [0.2, 0.25) is 0 Å². The van der Waals surface area contributed by atoms with Crippen molar-refractivity contribution < 1.29 is 9.72 Å². The van der Waals surface area contributed by atoms with Crippen LogP contribution in [0.15, 0.2) is 23.1 Å². The number of nitrogens with two attached hydrogens (primary N) is 1. The Morgan fingerprint density at radius 3 is 2.54 bits per heavy atom. The van der Waals surface area contributed by atoms with Crippen LogP contribution in [0.3, 0.4) is 0 Å². The van der Waals surface area contributed by atoms with Gasteiger partial charge in [0.1, 0.15) is 0 Å². The van der Waals surface area contributed by atoms with E-state index in [0.29, 0.717) is 17.4 Å². The zero-order chi connectivity index (χ0) is 17.6. The second kappa shape index (κ2) is 9.86. The molecule has 0 bridgehead atoms. The maximum absolute atomic E-state index is 12.1. The Bertz CT molecular complexity index is 574. The topological polar surface area (TPSA) is 98.3 Å². The van der Waals surface area contributed by atoms with Crippen LogP contribution >= 0.6 is 24.2 Å². The number of hydrogen-bond acceptors (Lipinski definition) is 5. The number of rotatable bonds is 8. The number of carbonyl (C=O) groups excluding carboxylic acids is 1. The largest absolute Gasteiger partial charge is 0.350 e. The van der Waals surface area contributed by atoms with Gasteiger partial charge in [0.05, 0.1) is 9.82 Å². The molecule has 0 aliphatic carbocycles. The van der Waals surface area contributed by atoms with E-state index in [4.69, 9.17) is 5.73 Å². The molecule has 0 saturated heterocycles. The number of nitro groups is 1. The van der Waals surface area contributed by atoms with Crippen molar-refractivity contribution >= 4 is 35.8 Å². The maximum atomic E-state index is 12.1. The normalized spacial score (nSPS) is 11.1. The highest BCUT2D eigenvalue weighted by molar-refractivity contribution is 7.99. The fourth-order valence-electron chi connectivity index (χ4n) is 1.74. The molecule has 0 aliphatic rings. The summed E-state index contributed by atoms with van der Waals surface area (Å²) < 4.78 is 0. The molecule has 0 atom stereocenters. The van der Waals surface area contributed by atoms with Crippen LogP contribution in [0.1, 0.15) is 44.5 Å². The number of hydrogen-bond donors (Lipinski definition) is 2. The zero-order valence-electron chi connectivity index (χ0n) is 14.5. The minimum Gasteiger partial charge on any atom is -0.350 e. The van der Waals surface area contributed by atoms with Crippen LogP contribution in [0.5, 0.6) is 0 Å². The number of thioether (sulfide) groups is 1. The van der Waals surface area contributed by atoms with Crippen LogP contribution < -0.4 is 11.1 Å². The van der Waals surface area contributed by atoms with Crippen molar-refractivity contribution in [3.05, 3.63) is 33.9 Å². The van der Waals surface area contributed by atoms with Crippen molar-refractivity contribution in [3.63, 3.8) is 0 Å². The Labute approximate surface area is 153 Å². The van der Waals surface area contributed by atoms with Gasteiger partial charge in [-0.3, -0.25) is 14.9 Å². The van der Waals surface area contributed by atoms with E-state index in [1.54, 1.807) is 26.0 Å². The number of nitrogens with one attached hydrogen (secondary N) is 1. The third-order valence-electron chi connectivity index (χ3n) is 3.08. The van der Waals surface area contributed by atoms with E-state index in [0.717, 1.165) is 12.2 Å². The molecule has 1 rings (SSSR count). The van der Waals surface area contributed by atoms with Gasteiger partial charge in [0.25, 0.3) is 11.6 Å². The number of nitro benzene ring substituents is 1. The van der Waals surface area contributed by atoms with Gasteiger partial charge in [-0.15, -0.1) is 24.2 Å². The summed E-state index contributed by atoms with van der Waals surface area (Å²) in [6.45, 7) is 8.11. The van der Waals surface area contributed by atoms with Crippen LogP contribution in [-0.4, -0.2) is 28.7 Å². The molecule has 3 N–H and O–H groups in total. The van der Waals surface area contributed by atoms with Gasteiger partial charge >= 0.3 is 0 Å². The monoisotopic (exact) mass is 375 g/mol. The van der Waals surface area contributed by atoms with Gasteiger partial charge in [0, 0.05) is 23.7 Å². The minimum atomic E-state index is -0.534. The summed E-state index contributed by atoms with van der Waals surface area (Å²) >= 11 is 1.45. The second-order valence-corrected chi connectivity index (χ2v) is 7.78. The van der Waals surface area contributed by atoms with E-state index >= 15 is 0 Å². The van der Waals surface area contributed by atoms with E-state index in [2.05, 4.69) is 19.2 Å². The molecule has 0 radical (unpaired) electrons. The molecular formula is C16H26ClN3O3S. The molecule has 24 heavy (non-hydrogen) atoms. The lowest BCUT2D eigenvalue weighted by atomic mass is 10.1. The average Bonchev–Trinajstić information content (AvgIpc) is 2.43. The summed E-state index contributed by atoms with van der Waals surface area (Å²) in [5.41, 5.74) is 5.53. The van der Waals surface area contributed by atoms with E-state index in [1.807, 2.05) is 0 Å². The molecule has 0 unspecified atom stereocenters. The highest BCUT2D eigenvalue weighted by Gasteiger charge is 2.19. The van der Waals surface area contributed by atoms with Crippen LogP contribution in [0.25, 0.3) is 0 Å². The van der Waals surface area contributed by atoms with Crippen LogP contribution in [0.4, 0.5) is 5.69 Å². The fourth-order valence-corrected chi connectivity index (χ4v) is 2.99. The summed E-state index contributed by atoms with van der Waals surface area (Å²) in [6.07, 6.45) is 0.982. The molecule has 1 aromatic rings. The summed E-state index contributed by atoms with van der Waals surface area (Å²) in [6, 6.07) is 4.59. The molecule has 0 aliphatic heterocycles. The Hall–Kier alpha value is -1.31. The predicted molar refractivity (Wildman–Crippen MR) is 101 cm³/mol. The maximum Gasteiger partial charge on any atom is 0.283 e. The first kappa shape index (κ1) is 22.7. The first-order valence-corrected chi connectivity index (χ1v) is 8.57. The van der Waals surface area contributed by atoms with Crippen molar-refractivity contribution in [3.8, 4) is 0 Å². The van der Waals surface area contributed by atoms with Gasteiger partial charge in [-0.05, 0) is 44.1 Å². The Kier molecular flexibility index (Phi) is 9.32. The molecule has 1 amide bonds. The lowest BCUT2D eigenvalue weighted by Gasteiger charge is -2.18. The molecule has 1 aromatic carbocycles. The Morgan fingerprint density at radius 1 is 1.42 bits per heavy atom. The number of carbonyl (C=O) groups is 1. The van der Waals surface area contributed by atoms with Crippen molar-refractivity contribution in [1.82, 2.24) is 5.32 Å². The first-order chi connectivity index (χ1) is 10.6. The third-order valence-corrected chi connectivity index (χ3v) is 4.17. The predicted octanol–water partition coefficient (Wildman–Crippen LogP) is 3.62. The van der Waals surface area contributed by atoms with E-state index in [9.17, 15) is 14.9 Å². The number of benzene rings is 1. The molecule has 0 saturated carbocycles. The standard InChI is InChI=1S/C16H25N3O3S.ClH/c1-11(2)7-8-23-14-6-5-12(9-13(14)19(21)22)15(20)18-10-16(3,4)17;/h5-6,9,11H,7-8,10,17H2,1-4H3,(H,18,20);1H. The molecular weight excluding hydrogens is 350 g/mol. The highest BCUT2D eigenvalue weighted by Crippen LogP contribution is 2.31. The average molecular weight is 376 g/mol. The van der Waals surface area contributed by atoms with Crippen molar-refractivity contribution in [2.75, 3.05) is 12.3 Å². The number of nitrogens with zero attached hydrogens (tertiary/aromatic N) is 1. The van der Waals surface area contributed by atoms with Crippen molar-refractivity contribution in [2.24, 2.45) is 11.7 Å². The van der Waals surface area contributed by atoms with Crippen molar-refractivity contribution in [1.29, 1.82) is 0 Å². The van der Waals surface area contributed by atoms with Crippen LogP contribution in [0.2, 0.25) is 0 Å². The Balaban J connectivity index is 0.00000529. The summed E-state index contributed by atoms with van der Waals surface area (Å²) in [4.78, 5) is 23.5. The molecule has 0 fully saturated rings. The lowest BCUT2D eigenvalue weighted by Crippen LogP contribution is -2.45. The first-order valence-electron chi connectivity index (χ1n) is 7.58. The molecule has 136 valence electrons. The summed E-state index contributed by atoms with van der Waals surface area (Å²) in [5.74, 6) is 1.00. The van der Waals surface area contributed by atoms with E-state index in [-0.39, 0.29) is 29.6 Å². The quantitative estimate of drug-likeness (QED) is 0.410. The second-order valence-electron chi connectivity index (χ2n) is 6.64.